The first-order valence-corrected chi connectivity index (χ1v) is 13.8. The van der Waals surface area contributed by atoms with Crippen molar-refractivity contribution in [2.24, 2.45) is 5.10 Å². The van der Waals surface area contributed by atoms with E-state index in [4.69, 9.17) is 4.74 Å². The maximum atomic E-state index is 13.5. The van der Waals surface area contributed by atoms with Crippen LogP contribution in [0.5, 0.6) is 11.6 Å². The van der Waals surface area contributed by atoms with Crippen LogP contribution in [0.25, 0.3) is 28.0 Å². The molecule has 0 amide bonds. The van der Waals surface area contributed by atoms with E-state index in [0.29, 0.717) is 16.8 Å². The molecular formula is C33H23F3N6O4. The molecule has 0 aliphatic rings. The van der Waals surface area contributed by atoms with E-state index in [2.05, 4.69) is 15.1 Å². The van der Waals surface area contributed by atoms with Crippen LogP contribution < -0.4 is 10.3 Å². The molecule has 6 aromatic rings. The summed E-state index contributed by atoms with van der Waals surface area (Å²) in [5.41, 5.74) is 1.99. The van der Waals surface area contributed by atoms with E-state index in [-0.39, 0.29) is 28.3 Å². The number of ether oxygens (including phenoxy) is 1. The van der Waals surface area contributed by atoms with Crippen LogP contribution in [0.15, 0.2) is 107 Å². The first-order chi connectivity index (χ1) is 22.0. The van der Waals surface area contributed by atoms with Crippen LogP contribution in [0.2, 0.25) is 0 Å². The van der Waals surface area contributed by atoms with Crippen LogP contribution in [0, 0.1) is 24.0 Å². The van der Waals surface area contributed by atoms with E-state index in [0.717, 1.165) is 40.1 Å². The lowest BCUT2D eigenvalue weighted by Crippen LogP contribution is -2.20. The van der Waals surface area contributed by atoms with Gasteiger partial charge in [0.1, 0.15) is 11.9 Å². The zero-order chi connectivity index (χ0) is 32.6. The highest BCUT2D eigenvalue weighted by Crippen LogP contribution is 2.32. The van der Waals surface area contributed by atoms with Gasteiger partial charge in [0.15, 0.2) is 5.82 Å². The Morgan fingerprint density at radius 1 is 0.957 bits per heavy atom. The topological polar surface area (TPSA) is 117 Å². The summed E-state index contributed by atoms with van der Waals surface area (Å²) in [4.78, 5) is 32.3. The van der Waals surface area contributed by atoms with Crippen LogP contribution in [0.4, 0.5) is 18.9 Å². The summed E-state index contributed by atoms with van der Waals surface area (Å²) in [6.45, 7) is 3.77. The van der Waals surface area contributed by atoms with E-state index >= 15 is 0 Å². The molecule has 13 heteroatoms. The van der Waals surface area contributed by atoms with Crippen molar-refractivity contribution in [2.75, 3.05) is 0 Å². The molecule has 0 unspecified atom stereocenters. The number of halogens is 3. The second-order valence-corrected chi connectivity index (χ2v) is 10.3. The minimum Gasteiger partial charge on any atom is -0.439 e. The van der Waals surface area contributed by atoms with Crippen LogP contribution >= 0.6 is 0 Å². The number of hydrogen-bond donors (Lipinski definition) is 0. The number of para-hydroxylation sites is 1. The second-order valence-electron chi connectivity index (χ2n) is 10.3. The highest BCUT2D eigenvalue weighted by Gasteiger charge is 2.31. The third-order valence-electron chi connectivity index (χ3n) is 7.23. The van der Waals surface area contributed by atoms with Gasteiger partial charge in [-0.25, -0.2) is 9.97 Å². The molecule has 0 radical (unpaired) electrons. The highest BCUT2D eigenvalue weighted by atomic mass is 19.4. The van der Waals surface area contributed by atoms with Gasteiger partial charge in [-0.05, 0) is 68.4 Å². The van der Waals surface area contributed by atoms with Crippen molar-refractivity contribution >= 4 is 22.8 Å². The lowest BCUT2D eigenvalue weighted by Gasteiger charge is -2.12. The molecule has 3 aromatic carbocycles. The molecule has 0 bridgehead atoms. The minimum absolute atomic E-state index is 0.0297. The number of nitrogens with zero attached hydrogens (tertiary/aromatic N) is 6. The predicted octanol–water partition coefficient (Wildman–Crippen LogP) is 7.47. The number of benzene rings is 3. The number of aryl methyl sites for hydroxylation is 1. The minimum atomic E-state index is -4.58. The van der Waals surface area contributed by atoms with Crippen molar-refractivity contribution in [1.29, 1.82) is 0 Å². The number of hydrogen-bond acceptors (Lipinski definition) is 7. The molecule has 0 fully saturated rings. The van der Waals surface area contributed by atoms with Gasteiger partial charge in [-0.2, -0.15) is 22.9 Å². The number of nitro groups is 1. The van der Waals surface area contributed by atoms with Gasteiger partial charge in [0.05, 0.1) is 27.6 Å². The molecule has 46 heavy (non-hydrogen) atoms. The van der Waals surface area contributed by atoms with Gasteiger partial charge in [0.25, 0.3) is 11.2 Å². The monoisotopic (exact) mass is 624 g/mol. The molecule has 6 rings (SSSR count). The molecule has 0 spiro atoms. The molecule has 0 saturated heterocycles. The van der Waals surface area contributed by atoms with Gasteiger partial charge in [0.2, 0.25) is 5.88 Å². The molecule has 0 saturated carbocycles. The van der Waals surface area contributed by atoms with E-state index in [1.807, 2.05) is 36.6 Å². The Morgan fingerprint density at radius 3 is 2.41 bits per heavy atom. The molecule has 0 N–H and O–H groups in total. The zero-order valence-electron chi connectivity index (χ0n) is 24.3. The van der Waals surface area contributed by atoms with Crippen LogP contribution in [0.1, 0.15) is 22.5 Å². The smallest absolute Gasteiger partial charge is 0.416 e. The van der Waals surface area contributed by atoms with Gasteiger partial charge in [-0.3, -0.25) is 14.9 Å². The Morgan fingerprint density at radius 2 is 1.72 bits per heavy atom. The maximum Gasteiger partial charge on any atom is 0.416 e. The first-order valence-electron chi connectivity index (χ1n) is 13.8. The highest BCUT2D eigenvalue weighted by molar-refractivity contribution is 5.83. The summed E-state index contributed by atoms with van der Waals surface area (Å²) >= 11 is 0. The summed E-state index contributed by atoms with van der Waals surface area (Å²) in [6, 6.07) is 22.9. The molecule has 230 valence electrons. The van der Waals surface area contributed by atoms with Gasteiger partial charge >= 0.3 is 6.18 Å². The summed E-state index contributed by atoms with van der Waals surface area (Å²) in [7, 11) is 0. The fraction of sp³-hybridized carbons (Fsp3) is 0.0909. The van der Waals surface area contributed by atoms with E-state index < -0.39 is 22.2 Å². The van der Waals surface area contributed by atoms with Crippen LogP contribution in [-0.2, 0) is 6.18 Å². The van der Waals surface area contributed by atoms with E-state index in [1.54, 1.807) is 36.4 Å². The van der Waals surface area contributed by atoms with Gasteiger partial charge in [0, 0.05) is 40.3 Å². The number of fused-ring (bicyclic) bond motifs is 1. The van der Waals surface area contributed by atoms with Crippen molar-refractivity contribution in [3.05, 3.63) is 140 Å². The van der Waals surface area contributed by atoms with E-state index in [9.17, 15) is 28.1 Å². The molecule has 0 atom stereocenters. The molecule has 3 heterocycles. The van der Waals surface area contributed by atoms with Gasteiger partial charge in [-0.1, -0.05) is 24.3 Å². The third kappa shape index (κ3) is 5.85. The van der Waals surface area contributed by atoms with E-state index in [1.165, 1.54) is 30.5 Å². The zero-order valence-corrected chi connectivity index (χ0v) is 24.3. The number of rotatable bonds is 7. The average molecular weight is 625 g/mol. The molecule has 0 aliphatic heterocycles. The van der Waals surface area contributed by atoms with Crippen molar-refractivity contribution in [1.82, 2.24) is 19.2 Å². The molecule has 0 aliphatic carbocycles. The standard InChI is InChI=1S/C33H23F3N6O4/c1-20-16-23(21(2)40(20)25-10-13-27(14-11-25)46-30-15-12-26(19-37-30)42(44)45)18-38-41-31(22-6-5-7-24(17-22)33(34,35)36)39-29-9-4-3-8-28(29)32(41)43/h3-19H,1-2H3. The Balaban J connectivity index is 1.34. The summed E-state index contributed by atoms with van der Waals surface area (Å²) < 4.78 is 49.2. The Bertz CT molecular complexity index is 2190. The summed E-state index contributed by atoms with van der Waals surface area (Å²) in [6.07, 6.45) is -1.99. The number of aromatic nitrogens is 4. The average Bonchev–Trinajstić information content (AvgIpc) is 3.33. The fourth-order valence-corrected chi connectivity index (χ4v) is 5.01. The van der Waals surface area contributed by atoms with Crippen molar-refractivity contribution in [3.63, 3.8) is 0 Å². The van der Waals surface area contributed by atoms with Crippen LogP contribution in [-0.4, -0.2) is 30.3 Å². The Hall–Kier alpha value is -6.11. The third-order valence-corrected chi connectivity index (χ3v) is 7.23. The summed E-state index contributed by atoms with van der Waals surface area (Å²) in [5, 5.41) is 15.6. The van der Waals surface area contributed by atoms with Gasteiger partial charge in [-0.15, -0.1) is 0 Å². The van der Waals surface area contributed by atoms with Crippen molar-refractivity contribution in [2.45, 2.75) is 20.0 Å². The lowest BCUT2D eigenvalue weighted by atomic mass is 10.1. The first kappa shape index (κ1) is 29.9. The molecule has 3 aromatic heterocycles. The van der Waals surface area contributed by atoms with Gasteiger partial charge < -0.3 is 9.30 Å². The normalized spacial score (nSPS) is 11.8. The summed E-state index contributed by atoms with van der Waals surface area (Å²) in [5.74, 6) is 0.644. The fourth-order valence-electron chi connectivity index (χ4n) is 5.01. The van der Waals surface area contributed by atoms with Crippen LogP contribution in [0.3, 0.4) is 0 Å². The van der Waals surface area contributed by atoms with Crippen molar-refractivity contribution < 1.29 is 22.8 Å². The molecule has 10 nitrogen and oxygen atoms in total. The number of alkyl halides is 3. The molecular weight excluding hydrogens is 601 g/mol. The Kier molecular flexibility index (Phi) is 7.66. The largest absolute Gasteiger partial charge is 0.439 e. The second kappa shape index (κ2) is 11.8. The lowest BCUT2D eigenvalue weighted by molar-refractivity contribution is -0.385. The Labute approximate surface area is 258 Å². The predicted molar refractivity (Wildman–Crippen MR) is 166 cm³/mol. The number of pyridine rings is 1. The SMILES string of the molecule is Cc1cc(C=Nn2c(-c3cccc(C(F)(F)F)c3)nc3ccccc3c2=O)c(C)n1-c1ccc(Oc2ccc([N+](=O)[O-])cn2)cc1. The quantitative estimate of drug-likeness (QED) is 0.103. The van der Waals surface area contributed by atoms with Crippen molar-refractivity contribution in [3.8, 4) is 28.7 Å². The maximum absolute atomic E-state index is 13.5.